The van der Waals surface area contributed by atoms with Gasteiger partial charge < -0.3 is 10.1 Å². The molecule has 8 nitrogen and oxygen atoms in total. The number of nitrogens with one attached hydrogen (secondary N) is 1. The molecule has 9 heteroatoms. The largest absolute Gasteiger partial charge is 0.492 e. The lowest BCUT2D eigenvalue weighted by Crippen LogP contribution is -2.49. The number of imide groups is 1. The third-order valence-electron chi connectivity index (χ3n) is 4.43. The van der Waals surface area contributed by atoms with Crippen molar-refractivity contribution in [2.24, 2.45) is 0 Å². The number of rotatable bonds is 5. The summed E-state index contributed by atoms with van der Waals surface area (Å²) in [5.74, 6) is 0.0780. The highest BCUT2D eigenvalue weighted by Crippen LogP contribution is 2.29. The molecule has 2 aliphatic rings. The van der Waals surface area contributed by atoms with Crippen molar-refractivity contribution >= 4 is 22.0 Å². The number of carbonyl (C=O) groups excluding carboxylic acids is 2. The molecule has 0 radical (unpaired) electrons. The highest BCUT2D eigenvalue weighted by molar-refractivity contribution is 7.89. The number of nitrogens with zero attached hydrogens (tertiary/aromatic N) is 2. The normalized spacial score (nSPS) is 20.0. The van der Waals surface area contributed by atoms with Gasteiger partial charge in [0.25, 0.3) is 0 Å². The van der Waals surface area contributed by atoms with Crippen LogP contribution in [0, 0.1) is 0 Å². The van der Waals surface area contributed by atoms with E-state index < -0.39 is 16.1 Å². The van der Waals surface area contributed by atoms with E-state index in [2.05, 4.69) is 5.32 Å². The molecule has 1 N–H and O–H groups in total. The van der Waals surface area contributed by atoms with E-state index in [0.717, 1.165) is 0 Å². The molecule has 3 rings (SSSR count). The summed E-state index contributed by atoms with van der Waals surface area (Å²) >= 11 is 0. The molecule has 1 aromatic carbocycles. The molecule has 2 fully saturated rings. The van der Waals surface area contributed by atoms with Crippen molar-refractivity contribution in [2.45, 2.75) is 30.7 Å². The summed E-state index contributed by atoms with van der Waals surface area (Å²) in [5, 5.41) is 2.49. The van der Waals surface area contributed by atoms with Gasteiger partial charge in [0.1, 0.15) is 10.6 Å². The fourth-order valence-electron chi connectivity index (χ4n) is 3.22. The predicted octanol–water partition coefficient (Wildman–Crippen LogP) is 0.790. The Morgan fingerprint density at radius 2 is 1.88 bits per heavy atom. The number of piperidine rings is 1. The van der Waals surface area contributed by atoms with Crippen LogP contribution < -0.4 is 10.1 Å². The fourth-order valence-corrected chi connectivity index (χ4v) is 4.82. The van der Waals surface area contributed by atoms with Crippen LogP contribution in [-0.2, 0) is 14.8 Å². The SMILES string of the molecule is CCOc1ccccc1S(=O)(=O)N1CCC(N2C(=O)CNC2=O)CC1. The van der Waals surface area contributed by atoms with Gasteiger partial charge in [0.15, 0.2) is 0 Å². The zero-order valence-electron chi connectivity index (χ0n) is 14.0. The molecule has 0 unspecified atom stereocenters. The molecule has 0 atom stereocenters. The molecule has 3 amide bonds. The summed E-state index contributed by atoms with van der Waals surface area (Å²) in [6.45, 7) is 2.70. The van der Waals surface area contributed by atoms with Crippen LogP contribution in [-0.4, -0.2) is 61.8 Å². The van der Waals surface area contributed by atoms with Crippen molar-refractivity contribution in [1.82, 2.24) is 14.5 Å². The third-order valence-corrected chi connectivity index (χ3v) is 6.37. The van der Waals surface area contributed by atoms with Crippen LogP contribution in [0.1, 0.15) is 19.8 Å². The number of urea groups is 1. The number of sulfonamides is 1. The maximum Gasteiger partial charge on any atom is 0.324 e. The number of ether oxygens (including phenoxy) is 1. The van der Waals surface area contributed by atoms with E-state index in [9.17, 15) is 18.0 Å². The topological polar surface area (TPSA) is 96.0 Å². The standard InChI is InChI=1S/C16H21N3O5S/c1-2-24-13-5-3-4-6-14(13)25(22,23)18-9-7-12(8-10-18)19-15(20)11-17-16(19)21/h3-6,12H,2,7-11H2,1H3,(H,17,21). The van der Waals surface area contributed by atoms with Gasteiger partial charge in [0, 0.05) is 19.1 Å². The van der Waals surface area contributed by atoms with Crippen LogP contribution in [0.2, 0.25) is 0 Å². The Kier molecular flexibility index (Phi) is 4.96. The minimum Gasteiger partial charge on any atom is -0.492 e. The van der Waals surface area contributed by atoms with E-state index in [1.807, 2.05) is 0 Å². The van der Waals surface area contributed by atoms with E-state index in [1.165, 1.54) is 15.3 Å². The average Bonchev–Trinajstić information content (AvgIpc) is 2.94. The number of benzene rings is 1. The van der Waals surface area contributed by atoms with Crippen LogP contribution in [0.15, 0.2) is 29.2 Å². The Morgan fingerprint density at radius 3 is 2.48 bits per heavy atom. The highest BCUT2D eigenvalue weighted by Gasteiger charge is 2.39. The fraction of sp³-hybridized carbons (Fsp3) is 0.500. The van der Waals surface area contributed by atoms with Gasteiger partial charge in [-0.05, 0) is 31.9 Å². The number of hydrogen-bond acceptors (Lipinski definition) is 5. The molecule has 2 saturated heterocycles. The summed E-state index contributed by atoms with van der Waals surface area (Å²) in [4.78, 5) is 24.9. The molecular formula is C16H21N3O5S. The second kappa shape index (κ2) is 7.01. The first-order valence-electron chi connectivity index (χ1n) is 8.27. The molecule has 25 heavy (non-hydrogen) atoms. The van der Waals surface area contributed by atoms with Crippen molar-refractivity contribution in [2.75, 3.05) is 26.2 Å². The zero-order chi connectivity index (χ0) is 18.0. The molecule has 2 aliphatic heterocycles. The van der Waals surface area contributed by atoms with E-state index in [0.29, 0.717) is 25.2 Å². The zero-order valence-corrected chi connectivity index (χ0v) is 14.8. The Balaban J connectivity index is 1.74. The monoisotopic (exact) mass is 367 g/mol. The first kappa shape index (κ1) is 17.7. The third kappa shape index (κ3) is 3.34. The second-order valence-corrected chi connectivity index (χ2v) is 7.84. The maximum atomic E-state index is 12.9. The van der Waals surface area contributed by atoms with Gasteiger partial charge in [-0.1, -0.05) is 12.1 Å². The highest BCUT2D eigenvalue weighted by atomic mass is 32.2. The number of hydrogen-bond donors (Lipinski definition) is 1. The van der Waals surface area contributed by atoms with Crippen molar-refractivity contribution < 1.29 is 22.7 Å². The molecule has 0 spiro atoms. The van der Waals surface area contributed by atoms with Gasteiger partial charge in [0.2, 0.25) is 15.9 Å². The number of carbonyl (C=O) groups is 2. The van der Waals surface area contributed by atoms with E-state index in [1.54, 1.807) is 25.1 Å². The summed E-state index contributed by atoms with van der Waals surface area (Å²) < 4.78 is 32.7. The molecular weight excluding hydrogens is 346 g/mol. The first-order valence-corrected chi connectivity index (χ1v) is 9.71. The van der Waals surface area contributed by atoms with E-state index >= 15 is 0 Å². The van der Waals surface area contributed by atoms with Gasteiger partial charge in [-0.2, -0.15) is 4.31 Å². The Hall–Kier alpha value is -2.13. The first-order chi connectivity index (χ1) is 11.9. The molecule has 0 aliphatic carbocycles. The number of para-hydroxylation sites is 1. The van der Waals surface area contributed by atoms with Crippen molar-refractivity contribution in [3.63, 3.8) is 0 Å². The van der Waals surface area contributed by atoms with Crippen LogP contribution >= 0.6 is 0 Å². The molecule has 0 saturated carbocycles. The minimum atomic E-state index is -3.68. The Bertz CT molecular complexity index is 756. The lowest BCUT2D eigenvalue weighted by molar-refractivity contribution is -0.127. The minimum absolute atomic E-state index is 0.0130. The molecule has 1 aromatic rings. The van der Waals surface area contributed by atoms with Crippen molar-refractivity contribution in [1.29, 1.82) is 0 Å². The molecule has 136 valence electrons. The van der Waals surface area contributed by atoms with Crippen LogP contribution in [0.25, 0.3) is 0 Å². The average molecular weight is 367 g/mol. The predicted molar refractivity (Wildman–Crippen MR) is 89.6 cm³/mol. The van der Waals surface area contributed by atoms with Crippen molar-refractivity contribution in [3.8, 4) is 5.75 Å². The molecule has 2 heterocycles. The molecule has 0 bridgehead atoms. The Labute approximate surface area is 146 Å². The van der Waals surface area contributed by atoms with Gasteiger partial charge in [-0.25, -0.2) is 13.2 Å². The molecule has 0 aromatic heterocycles. The summed E-state index contributed by atoms with van der Waals surface area (Å²) in [6, 6.07) is 5.90. The van der Waals surface area contributed by atoms with E-state index in [4.69, 9.17) is 4.74 Å². The van der Waals surface area contributed by atoms with Gasteiger partial charge in [-0.3, -0.25) is 9.69 Å². The lowest BCUT2D eigenvalue weighted by atomic mass is 10.1. The van der Waals surface area contributed by atoms with Crippen LogP contribution in [0.3, 0.4) is 0 Å². The van der Waals surface area contributed by atoms with Gasteiger partial charge >= 0.3 is 6.03 Å². The maximum absolute atomic E-state index is 12.9. The van der Waals surface area contributed by atoms with Gasteiger partial charge in [-0.15, -0.1) is 0 Å². The van der Waals surface area contributed by atoms with E-state index in [-0.39, 0.29) is 36.5 Å². The lowest BCUT2D eigenvalue weighted by Gasteiger charge is -2.34. The smallest absolute Gasteiger partial charge is 0.324 e. The van der Waals surface area contributed by atoms with Crippen LogP contribution in [0.5, 0.6) is 5.75 Å². The van der Waals surface area contributed by atoms with Gasteiger partial charge in [0.05, 0.1) is 13.2 Å². The summed E-state index contributed by atoms with van der Waals surface area (Å²) in [5.41, 5.74) is 0. The van der Waals surface area contributed by atoms with Crippen LogP contribution in [0.4, 0.5) is 4.79 Å². The summed E-state index contributed by atoms with van der Waals surface area (Å²) in [6.07, 6.45) is 0.852. The number of amides is 3. The quantitative estimate of drug-likeness (QED) is 0.776. The van der Waals surface area contributed by atoms with Crippen molar-refractivity contribution in [3.05, 3.63) is 24.3 Å². The Morgan fingerprint density at radius 1 is 1.20 bits per heavy atom. The second-order valence-electron chi connectivity index (χ2n) is 5.94. The summed E-state index contributed by atoms with van der Waals surface area (Å²) in [7, 11) is -3.68.